The second-order valence-electron chi connectivity index (χ2n) is 6.23. The molecule has 2 aromatic carbocycles. The van der Waals surface area contributed by atoms with Gasteiger partial charge in [-0.2, -0.15) is 0 Å². The highest BCUT2D eigenvalue weighted by molar-refractivity contribution is 6.42. The molecule has 2 aromatic rings. The Kier molecular flexibility index (Phi) is 6.38. The first-order chi connectivity index (χ1) is 12.1. The molecule has 0 amide bonds. The Morgan fingerprint density at radius 3 is 2.76 bits per heavy atom. The monoisotopic (exact) mass is 375 g/mol. The summed E-state index contributed by atoms with van der Waals surface area (Å²) in [6, 6.07) is 14.4. The van der Waals surface area contributed by atoms with E-state index in [1.807, 2.05) is 18.2 Å². The van der Waals surface area contributed by atoms with E-state index in [9.17, 15) is 0 Å². The predicted molar refractivity (Wildman–Crippen MR) is 108 cm³/mol. The average Bonchev–Trinajstić information content (AvgIpc) is 2.63. The highest BCUT2D eigenvalue weighted by Crippen LogP contribution is 2.25. The van der Waals surface area contributed by atoms with E-state index in [1.54, 1.807) is 0 Å². The Hall–Kier alpha value is -1.52. The van der Waals surface area contributed by atoms with E-state index in [-0.39, 0.29) is 12.2 Å². The van der Waals surface area contributed by atoms with Gasteiger partial charge in [0.1, 0.15) is 0 Å². The summed E-state index contributed by atoms with van der Waals surface area (Å²) in [4.78, 5) is 0. The number of hydrogen-bond donors (Lipinski definition) is 3. The molecule has 25 heavy (non-hydrogen) atoms. The van der Waals surface area contributed by atoms with Crippen molar-refractivity contribution in [1.29, 1.82) is 0 Å². The second-order valence-corrected chi connectivity index (χ2v) is 7.04. The highest BCUT2D eigenvalue weighted by Gasteiger charge is 2.11. The van der Waals surface area contributed by atoms with Crippen molar-refractivity contribution in [2.45, 2.75) is 25.6 Å². The number of nitrogens with one attached hydrogen (secondary N) is 3. The van der Waals surface area contributed by atoms with Crippen LogP contribution in [0, 0.1) is 0 Å². The Bertz CT molecular complexity index is 745. The van der Waals surface area contributed by atoms with Gasteiger partial charge in [-0.1, -0.05) is 53.5 Å². The molecule has 0 fully saturated rings. The first-order valence-electron chi connectivity index (χ1n) is 8.59. The van der Waals surface area contributed by atoms with Gasteiger partial charge in [-0.05, 0) is 61.8 Å². The van der Waals surface area contributed by atoms with Crippen LogP contribution in [-0.2, 0) is 0 Å². The molecule has 1 heterocycles. The van der Waals surface area contributed by atoms with Crippen LogP contribution in [-0.4, -0.2) is 19.3 Å². The summed E-state index contributed by atoms with van der Waals surface area (Å²) in [5.74, 6) is 0. The van der Waals surface area contributed by atoms with Crippen LogP contribution < -0.4 is 16.0 Å². The van der Waals surface area contributed by atoms with Crippen molar-refractivity contribution >= 4 is 35.0 Å². The van der Waals surface area contributed by atoms with Gasteiger partial charge in [-0.15, -0.1) is 0 Å². The minimum Gasteiger partial charge on any atom is -0.366 e. The quantitative estimate of drug-likeness (QED) is 0.589. The number of benzene rings is 2. The molecule has 3 nitrogen and oxygen atoms in total. The van der Waals surface area contributed by atoms with Gasteiger partial charge in [0.2, 0.25) is 0 Å². The van der Waals surface area contributed by atoms with E-state index in [0.717, 1.165) is 25.1 Å². The molecule has 0 radical (unpaired) electrons. The number of halogens is 2. The van der Waals surface area contributed by atoms with Gasteiger partial charge in [0, 0.05) is 11.7 Å². The molecule has 0 spiro atoms. The molecule has 5 heteroatoms. The zero-order chi connectivity index (χ0) is 17.6. The van der Waals surface area contributed by atoms with Crippen molar-refractivity contribution < 1.29 is 0 Å². The Morgan fingerprint density at radius 2 is 1.92 bits per heavy atom. The van der Waals surface area contributed by atoms with Crippen LogP contribution in [0.15, 0.2) is 48.5 Å². The maximum atomic E-state index is 6.08. The maximum Gasteiger partial charge on any atom is 0.0964 e. The molecule has 1 aliphatic heterocycles. The van der Waals surface area contributed by atoms with Gasteiger partial charge in [-0.25, -0.2) is 0 Å². The Balaban J connectivity index is 1.37. The summed E-state index contributed by atoms with van der Waals surface area (Å²) in [6.45, 7) is 4.00. The van der Waals surface area contributed by atoms with Crippen molar-refractivity contribution in [3.8, 4) is 0 Å². The molecule has 0 saturated carbocycles. The van der Waals surface area contributed by atoms with Crippen LogP contribution in [0.2, 0.25) is 10.0 Å². The largest absolute Gasteiger partial charge is 0.366 e. The lowest BCUT2D eigenvalue weighted by atomic mass is 10.1. The third kappa shape index (κ3) is 4.99. The molecule has 2 atom stereocenters. The van der Waals surface area contributed by atoms with Crippen molar-refractivity contribution in [2.75, 3.05) is 18.4 Å². The molecule has 2 unspecified atom stereocenters. The van der Waals surface area contributed by atoms with Crippen LogP contribution in [0.25, 0.3) is 6.08 Å². The molecule has 1 aliphatic rings. The zero-order valence-electron chi connectivity index (χ0n) is 14.2. The fraction of sp³-hybridized carbons (Fsp3) is 0.300. The second kappa shape index (κ2) is 8.72. The Morgan fingerprint density at radius 1 is 1.08 bits per heavy atom. The summed E-state index contributed by atoms with van der Waals surface area (Å²) in [5, 5.41) is 11.7. The molecule has 0 aliphatic carbocycles. The summed E-state index contributed by atoms with van der Waals surface area (Å²) >= 11 is 12.0. The van der Waals surface area contributed by atoms with Crippen LogP contribution >= 0.6 is 23.2 Å². The van der Waals surface area contributed by atoms with Crippen molar-refractivity contribution in [3.05, 3.63) is 69.7 Å². The van der Waals surface area contributed by atoms with E-state index >= 15 is 0 Å². The predicted octanol–water partition coefficient (Wildman–Crippen LogP) is 5.09. The number of para-hydroxylation sites is 1. The van der Waals surface area contributed by atoms with Gasteiger partial charge < -0.3 is 10.6 Å². The molecule has 0 saturated heterocycles. The maximum absolute atomic E-state index is 6.08. The van der Waals surface area contributed by atoms with Crippen LogP contribution in [0.1, 0.15) is 30.5 Å². The van der Waals surface area contributed by atoms with Gasteiger partial charge in [0.15, 0.2) is 0 Å². The number of fused-ring (bicyclic) bond motifs is 1. The molecule has 3 rings (SSSR count). The standard InChI is InChI=1S/C20H23Cl2N3/c1-14(16-7-9-17(21)18(22)13-16)23-11-4-12-24-20-10-8-15-5-2-3-6-19(15)25-20/h2-3,5-10,13-14,20,23-25H,4,11-12H2,1H3. The lowest BCUT2D eigenvalue weighted by molar-refractivity contribution is 0.530. The van der Waals surface area contributed by atoms with E-state index in [0.29, 0.717) is 10.0 Å². The first kappa shape index (κ1) is 18.3. The zero-order valence-corrected chi connectivity index (χ0v) is 15.7. The lowest BCUT2D eigenvalue weighted by Gasteiger charge is -2.23. The van der Waals surface area contributed by atoms with E-state index in [2.05, 4.69) is 59.3 Å². The number of rotatable bonds is 7. The molecule has 0 aromatic heterocycles. The third-order valence-electron chi connectivity index (χ3n) is 4.35. The third-order valence-corrected chi connectivity index (χ3v) is 5.09. The van der Waals surface area contributed by atoms with E-state index in [4.69, 9.17) is 23.2 Å². The number of anilines is 1. The first-order valence-corrected chi connectivity index (χ1v) is 9.34. The van der Waals surface area contributed by atoms with Gasteiger partial charge in [0.05, 0.1) is 16.2 Å². The topological polar surface area (TPSA) is 36.1 Å². The molecular weight excluding hydrogens is 353 g/mol. The smallest absolute Gasteiger partial charge is 0.0964 e. The number of hydrogen-bond acceptors (Lipinski definition) is 3. The normalized spacial score (nSPS) is 17.0. The average molecular weight is 376 g/mol. The molecular formula is C20H23Cl2N3. The van der Waals surface area contributed by atoms with Gasteiger partial charge in [-0.3, -0.25) is 5.32 Å². The lowest BCUT2D eigenvalue weighted by Crippen LogP contribution is -2.37. The fourth-order valence-corrected chi connectivity index (χ4v) is 3.18. The van der Waals surface area contributed by atoms with Crippen molar-refractivity contribution in [2.24, 2.45) is 0 Å². The minimum atomic E-state index is 0.183. The molecule has 0 bridgehead atoms. The SMILES string of the molecule is CC(NCCCNC1C=Cc2ccccc2N1)c1ccc(Cl)c(Cl)c1. The fourth-order valence-electron chi connectivity index (χ4n) is 2.87. The molecule has 132 valence electrons. The van der Waals surface area contributed by atoms with Gasteiger partial charge in [0.25, 0.3) is 0 Å². The van der Waals surface area contributed by atoms with E-state index in [1.165, 1.54) is 11.3 Å². The summed E-state index contributed by atoms with van der Waals surface area (Å²) in [7, 11) is 0. The Labute approximate surface area is 159 Å². The van der Waals surface area contributed by atoms with Crippen molar-refractivity contribution in [1.82, 2.24) is 10.6 Å². The minimum absolute atomic E-state index is 0.183. The molecule has 3 N–H and O–H groups in total. The van der Waals surface area contributed by atoms with Crippen LogP contribution in [0.5, 0.6) is 0 Å². The highest BCUT2D eigenvalue weighted by atomic mass is 35.5. The van der Waals surface area contributed by atoms with Crippen LogP contribution in [0.4, 0.5) is 5.69 Å². The summed E-state index contributed by atoms with van der Waals surface area (Å²) in [6.07, 6.45) is 5.55. The summed E-state index contributed by atoms with van der Waals surface area (Å²) < 4.78 is 0. The van der Waals surface area contributed by atoms with Gasteiger partial charge >= 0.3 is 0 Å². The van der Waals surface area contributed by atoms with Crippen LogP contribution in [0.3, 0.4) is 0 Å². The van der Waals surface area contributed by atoms with Crippen molar-refractivity contribution in [3.63, 3.8) is 0 Å². The van der Waals surface area contributed by atoms with E-state index < -0.39 is 0 Å². The summed E-state index contributed by atoms with van der Waals surface area (Å²) in [5.41, 5.74) is 3.56.